The fourth-order valence-corrected chi connectivity index (χ4v) is 13.8. The molecule has 0 aliphatic rings. The molecule has 0 aliphatic heterocycles. The number of fused-ring (bicyclic) bond motifs is 6. The molecule has 0 saturated carbocycles. The van der Waals surface area contributed by atoms with Gasteiger partial charge in [0.1, 0.15) is 0 Å². The Bertz CT molecular complexity index is 6390. The SMILES string of the molecule is [C-]#[N+]c1cc(C#N)c(-c2ccc3c(c2)c2cc(-c4c(C#N)cc([N+]#[C-])cc4[N+]#[C-])ccc2n3-c2ccccc2-c2cc(-c3nc(-c4ccccc4)nc(-c4ccccc4)n3)ccc2-n2c3ccc(-c4c(C#N)cc(C#N)cc4[N+]#[C-])cc3c3cc(-c4c(C#N)cc(C#N)cc4[N+]#[C-])ccc32)c([N+]#[C-])c1. The first-order valence-electron chi connectivity index (χ1n) is 31.7. The maximum Gasteiger partial charge on any atom is 0.197 e. The zero-order chi connectivity index (χ0) is 71.9. The third-order valence-electron chi connectivity index (χ3n) is 18.2. The first-order chi connectivity index (χ1) is 51.0. The molecule has 0 unspecified atom stereocenters. The van der Waals surface area contributed by atoms with Crippen molar-refractivity contribution in [2.24, 2.45) is 0 Å². The van der Waals surface area contributed by atoms with Crippen LogP contribution in [0.5, 0.6) is 0 Å². The van der Waals surface area contributed by atoms with Crippen molar-refractivity contribution in [3.63, 3.8) is 0 Å². The molecule has 3 aromatic heterocycles. The van der Waals surface area contributed by atoms with Gasteiger partial charge in [-0.2, -0.15) is 31.6 Å². The Hall–Kier alpha value is -16.9. The highest BCUT2D eigenvalue weighted by molar-refractivity contribution is 6.15. The molecule has 0 bridgehead atoms. The second kappa shape index (κ2) is 25.9. The fraction of sp³-hybridized carbons (Fsp3) is 0. The first kappa shape index (κ1) is 63.2. The van der Waals surface area contributed by atoms with Gasteiger partial charge < -0.3 is 9.13 Å². The molecule has 0 amide bonds. The number of para-hydroxylation sites is 1. The van der Waals surface area contributed by atoms with Gasteiger partial charge in [-0.15, -0.1) is 0 Å². The second-order valence-corrected chi connectivity index (χ2v) is 23.8. The van der Waals surface area contributed by atoms with Crippen molar-refractivity contribution in [3.8, 4) is 138 Å². The maximum absolute atomic E-state index is 10.7. The third-order valence-corrected chi connectivity index (χ3v) is 18.2. The van der Waals surface area contributed by atoms with Crippen LogP contribution in [0, 0.1) is 107 Å². The van der Waals surface area contributed by atoms with Gasteiger partial charge in [0.05, 0.1) is 120 Å². The topological polar surface area (TPSA) is 217 Å². The van der Waals surface area contributed by atoms with Crippen molar-refractivity contribution in [2.45, 2.75) is 0 Å². The lowest BCUT2D eigenvalue weighted by Crippen LogP contribution is -2.03. The minimum Gasteiger partial charge on any atom is -0.309 e. The van der Waals surface area contributed by atoms with E-state index >= 15 is 0 Å². The molecule has 17 heteroatoms. The van der Waals surface area contributed by atoms with Gasteiger partial charge in [-0.25, -0.2) is 44.0 Å². The van der Waals surface area contributed by atoms with Gasteiger partial charge in [0.2, 0.25) is 0 Å². The van der Waals surface area contributed by atoms with E-state index in [2.05, 4.69) is 74.6 Å². The molecule has 470 valence electrons. The van der Waals surface area contributed by atoms with E-state index in [4.69, 9.17) is 54.4 Å². The zero-order valence-corrected chi connectivity index (χ0v) is 54.0. The van der Waals surface area contributed by atoms with Crippen LogP contribution in [0.3, 0.4) is 0 Å². The van der Waals surface area contributed by atoms with E-state index in [9.17, 15) is 31.6 Å². The minimum absolute atomic E-state index is 0.0871. The molecule has 15 rings (SSSR count). The molecule has 17 nitrogen and oxygen atoms in total. The van der Waals surface area contributed by atoms with E-state index in [-0.39, 0.29) is 67.5 Å². The molecule has 104 heavy (non-hydrogen) atoms. The van der Waals surface area contributed by atoms with E-state index in [1.807, 2.05) is 176 Å². The van der Waals surface area contributed by atoms with E-state index in [0.717, 1.165) is 11.1 Å². The number of hydrogen-bond donors (Lipinski definition) is 0. The Balaban J connectivity index is 1.06. The summed E-state index contributed by atoms with van der Waals surface area (Å²) in [7, 11) is 0. The Morgan fingerprint density at radius 3 is 0.952 bits per heavy atom. The van der Waals surface area contributed by atoms with Crippen molar-refractivity contribution in [1.29, 1.82) is 31.6 Å². The van der Waals surface area contributed by atoms with Crippen LogP contribution in [0.25, 0.3) is 174 Å². The monoisotopic (exact) mass is 1320 g/mol. The highest BCUT2D eigenvalue weighted by Crippen LogP contribution is 2.49. The summed E-state index contributed by atoms with van der Waals surface area (Å²) in [4.78, 5) is 37.8. The lowest BCUT2D eigenvalue weighted by molar-refractivity contribution is 1.07. The number of aromatic nitrogens is 5. The molecule has 0 N–H and O–H groups in total. The van der Waals surface area contributed by atoms with Gasteiger partial charge in [-0.05, 0) is 131 Å². The van der Waals surface area contributed by atoms with Gasteiger partial charge in [-0.1, -0.05) is 115 Å². The molecule has 0 atom stereocenters. The van der Waals surface area contributed by atoms with Crippen LogP contribution in [0.15, 0.2) is 224 Å². The van der Waals surface area contributed by atoms with Crippen molar-refractivity contribution < 1.29 is 0 Å². The Kier molecular flexibility index (Phi) is 15.8. The fourth-order valence-electron chi connectivity index (χ4n) is 13.8. The number of rotatable bonds is 10. The summed E-state index contributed by atoms with van der Waals surface area (Å²) in [6.45, 7) is 48.8. The Labute approximate surface area is 594 Å². The number of benzene rings is 12. The number of nitriles is 6. The molecule has 0 spiro atoms. The quantitative estimate of drug-likeness (QED) is 0.119. The second-order valence-electron chi connectivity index (χ2n) is 23.8. The zero-order valence-electron chi connectivity index (χ0n) is 54.0. The van der Waals surface area contributed by atoms with Gasteiger partial charge in [0.25, 0.3) is 0 Å². The standard InChI is InChI=1S/C87H37N17/c1-94-63-35-61(48-92)83(73(42-63)98-5)56-23-26-77-67(39-56)68-40-57(84-62(49-93)36-64(95-2)43-74(84)99-6)24-27-78(68)103(77)75-20-14-13-19-65(75)66-41-58(87-101-85(52-15-9-7-10-16-52)100-86(102-87)53-17-11-8-12-18-53)25-30-76(66)104-79-28-21-54(81-59(46-90)31-50(44-88)33-71(81)96-3)37-69(79)70-38-55(22-29-80(70)104)82-60(47-91)32-51(45-89)34-72(82)97-4/h7-43H. The molecule has 3 heterocycles. The Morgan fingerprint density at radius 1 is 0.269 bits per heavy atom. The summed E-state index contributed by atoms with van der Waals surface area (Å²) in [6, 6.07) is 80.2. The minimum atomic E-state index is 0.0871. The largest absolute Gasteiger partial charge is 0.309 e. The molecule has 0 radical (unpaired) electrons. The summed E-state index contributed by atoms with van der Waals surface area (Å²) in [5.74, 6) is 1.18. The van der Waals surface area contributed by atoms with Crippen molar-refractivity contribution in [1.82, 2.24) is 24.1 Å². The van der Waals surface area contributed by atoms with Gasteiger partial charge in [0, 0.05) is 93.9 Å². The highest BCUT2D eigenvalue weighted by Gasteiger charge is 2.27. The number of hydrogen-bond acceptors (Lipinski definition) is 9. The summed E-state index contributed by atoms with van der Waals surface area (Å²) < 4.78 is 4.20. The predicted octanol–water partition coefficient (Wildman–Crippen LogP) is 21.9. The summed E-state index contributed by atoms with van der Waals surface area (Å²) >= 11 is 0. The van der Waals surface area contributed by atoms with Crippen molar-refractivity contribution >= 4 is 77.7 Å². The molecular formula is C87H37N17. The van der Waals surface area contributed by atoms with Crippen LogP contribution in [-0.2, 0) is 0 Å². The molecule has 15 aromatic rings. The Morgan fingerprint density at radius 2 is 0.596 bits per heavy atom. The van der Waals surface area contributed by atoms with Crippen molar-refractivity contribution in [3.05, 3.63) is 326 Å². The van der Waals surface area contributed by atoms with Gasteiger partial charge >= 0.3 is 0 Å². The average Bonchev–Trinajstić information content (AvgIpc) is 1.56. The molecule has 0 saturated heterocycles. The average molecular weight is 1320 g/mol. The summed E-state index contributed by atoms with van der Waals surface area (Å²) in [6.07, 6.45) is 0. The maximum atomic E-state index is 10.7. The van der Waals surface area contributed by atoms with Crippen LogP contribution in [-0.4, -0.2) is 24.1 Å². The lowest BCUT2D eigenvalue weighted by atomic mass is 9.93. The number of nitrogens with zero attached hydrogens (tertiary/aromatic N) is 17. The molecular weight excluding hydrogens is 1280 g/mol. The molecule has 0 aliphatic carbocycles. The molecule has 12 aromatic carbocycles. The predicted molar refractivity (Wildman–Crippen MR) is 398 cm³/mol. The summed E-state index contributed by atoms with van der Waals surface area (Å²) in [5.41, 5.74) is 11.9. The lowest BCUT2D eigenvalue weighted by Gasteiger charge is -2.20. The van der Waals surface area contributed by atoms with E-state index < -0.39 is 0 Å². The first-order valence-corrected chi connectivity index (χ1v) is 31.7. The van der Waals surface area contributed by atoms with Crippen molar-refractivity contribution in [2.75, 3.05) is 0 Å². The smallest absolute Gasteiger partial charge is 0.197 e. The normalized spacial score (nSPS) is 10.6. The van der Waals surface area contributed by atoms with Crippen LogP contribution in [0.1, 0.15) is 33.4 Å². The van der Waals surface area contributed by atoms with Crippen LogP contribution in [0.2, 0.25) is 0 Å². The van der Waals surface area contributed by atoms with Crippen LogP contribution in [0.4, 0.5) is 34.1 Å². The van der Waals surface area contributed by atoms with E-state index in [1.54, 1.807) is 0 Å². The van der Waals surface area contributed by atoms with Gasteiger partial charge in [-0.3, -0.25) is 0 Å². The highest BCUT2D eigenvalue weighted by atomic mass is 15.0. The summed E-state index contributed by atoms with van der Waals surface area (Å²) in [5, 5.41) is 65.2. The van der Waals surface area contributed by atoms with Gasteiger partial charge in [0.15, 0.2) is 51.6 Å². The van der Waals surface area contributed by atoms with Crippen LogP contribution < -0.4 is 0 Å². The van der Waals surface area contributed by atoms with Crippen LogP contribution >= 0.6 is 0 Å². The van der Waals surface area contributed by atoms with E-state index in [0.29, 0.717) is 134 Å². The molecule has 0 fully saturated rings. The third kappa shape index (κ3) is 10.5. The van der Waals surface area contributed by atoms with E-state index in [1.165, 1.54) is 48.5 Å².